The Morgan fingerprint density at radius 2 is 1.78 bits per heavy atom. The largest absolute Gasteiger partial charge is 0.328 e. The summed E-state index contributed by atoms with van der Waals surface area (Å²) >= 11 is 3.48. The van der Waals surface area contributed by atoms with Crippen molar-refractivity contribution in [1.29, 1.82) is 0 Å². The number of pyridine rings is 1. The third-order valence-corrected chi connectivity index (χ3v) is 5.31. The zero-order valence-corrected chi connectivity index (χ0v) is 16.8. The number of anilines is 1. The van der Waals surface area contributed by atoms with Crippen LogP contribution in [0.1, 0.15) is 38.9 Å². The van der Waals surface area contributed by atoms with E-state index in [4.69, 9.17) is 4.98 Å². The van der Waals surface area contributed by atoms with E-state index in [1.807, 2.05) is 62.4 Å². The van der Waals surface area contributed by atoms with Crippen molar-refractivity contribution in [3.8, 4) is 0 Å². The van der Waals surface area contributed by atoms with E-state index < -0.39 is 0 Å². The third-order valence-electron chi connectivity index (χ3n) is 4.79. The van der Waals surface area contributed by atoms with Crippen molar-refractivity contribution in [2.24, 2.45) is 0 Å². The molecule has 1 aromatic heterocycles. The Hall–Kier alpha value is -2.66. The number of benzene rings is 2. The van der Waals surface area contributed by atoms with Crippen LogP contribution >= 0.6 is 15.9 Å². The first kappa shape index (κ1) is 17.7. The topological polar surface area (TPSA) is 45.2 Å². The summed E-state index contributed by atoms with van der Waals surface area (Å²) in [4.78, 5) is 19.8. The molecule has 1 atom stereocenters. The predicted octanol–water partition coefficient (Wildman–Crippen LogP) is 4.91. The molecule has 2 heterocycles. The summed E-state index contributed by atoms with van der Waals surface area (Å²) in [6, 6.07) is 20.3. The summed E-state index contributed by atoms with van der Waals surface area (Å²) in [7, 11) is 0. The van der Waals surface area contributed by atoms with E-state index in [0.29, 0.717) is 12.1 Å². The first-order valence-electron chi connectivity index (χ1n) is 8.88. The number of carbonyl (C=O) groups excluding carboxylic acids is 1. The van der Waals surface area contributed by atoms with Crippen molar-refractivity contribution in [1.82, 2.24) is 10.3 Å². The highest BCUT2D eigenvalue weighted by Crippen LogP contribution is 2.35. The Morgan fingerprint density at radius 3 is 2.48 bits per heavy atom. The average Bonchev–Trinajstić information content (AvgIpc) is 2.65. The van der Waals surface area contributed by atoms with Crippen molar-refractivity contribution in [2.75, 3.05) is 4.90 Å². The molecule has 0 saturated heterocycles. The maximum absolute atomic E-state index is 12.9. The van der Waals surface area contributed by atoms with Gasteiger partial charge in [0.1, 0.15) is 12.0 Å². The SMILES string of the molecule is Cc1cc(C)c2c(n1)N(Cc1ccccc1)C(c1ccc(Br)cc1)NC2=O. The van der Waals surface area contributed by atoms with Crippen LogP contribution in [-0.2, 0) is 6.54 Å². The molecular formula is C22H20BrN3O. The fourth-order valence-electron chi connectivity index (χ4n) is 3.56. The minimum absolute atomic E-state index is 0.0766. The quantitative estimate of drug-likeness (QED) is 0.653. The molecule has 0 fully saturated rings. The third kappa shape index (κ3) is 3.47. The van der Waals surface area contributed by atoms with Crippen LogP contribution in [0.5, 0.6) is 0 Å². The van der Waals surface area contributed by atoms with Gasteiger partial charge in [-0.05, 0) is 48.7 Å². The van der Waals surface area contributed by atoms with Gasteiger partial charge in [-0.1, -0.05) is 58.4 Å². The van der Waals surface area contributed by atoms with E-state index in [0.717, 1.165) is 27.1 Å². The van der Waals surface area contributed by atoms with Crippen LogP contribution < -0.4 is 10.2 Å². The van der Waals surface area contributed by atoms with Gasteiger partial charge in [0.15, 0.2) is 0 Å². The zero-order valence-electron chi connectivity index (χ0n) is 15.2. The highest BCUT2D eigenvalue weighted by atomic mass is 79.9. The van der Waals surface area contributed by atoms with Gasteiger partial charge in [-0.25, -0.2) is 4.98 Å². The summed E-state index contributed by atoms with van der Waals surface area (Å²) in [6.07, 6.45) is -0.271. The van der Waals surface area contributed by atoms with Crippen LogP contribution in [0, 0.1) is 13.8 Å². The fraction of sp³-hybridized carbons (Fsp3) is 0.182. The molecule has 1 amide bonds. The molecule has 2 aromatic carbocycles. The predicted molar refractivity (Wildman–Crippen MR) is 111 cm³/mol. The minimum atomic E-state index is -0.271. The van der Waals surface area contributed by atoms with Gasteiger partial charge in [0.05, 0.1) is 5.56 Å². The van der Waals surface area contributed by atoms with Crippen LogP contribution in [0.2, 0.25) is 0 Å². The number of rotatable bonds is 3. The standard InChI is InChI=1S/C22H20BrN3O/c1-14-12-15(2)24-21-19(14)22(27)25-20(17-8-10-18(23)11-9-17)26(21)13-16-6-4-3-5-7-16/h3-12,20H,13H2,1-2H3,(H,25,27). The van der Waals surface area contributed by atoms with Gasteiger partial charge in [0.2, 0.25) is 0 Å². The van der Waals surface area contributed by atoms with E-state index in [1.165, 1.54) is 5.56 Å². The van der Waals surface area contributed by atoms with Gasteiger partial charge in [-0.15, -0.1) is 0 Å². The molecule has 1 unspecified atom stereocenters. The first-order valence-corrected chi connectivity index (χ1v) is 9.67. The number of nitrogens with zero attached hydrogens (tertiary/aromatic N) is 2. The molecule has 136 valence electrons. The Labute approximate surface area is 167 Å². The van der Waals surface area contributed by atoms with Crippen molar-refractivity contribution in [3.63, 3.8) is 0 Å². The molecule has 0 aliphatic carbocycles. The molecule has 3 aromatic rings. The number of fused-ring (bicyclic) bond motifs is 1. The molecule has 0 bridgehead atoms. The normalized spacial score (nSPS) is 16.0. The zero-order chi connectivity index (χ0) is 19.0. The van der Waals surface area contributed by atoms with Crippen LogP contribution in [0.15, 0.2) is 65.1 Å². The molecule has 27 heavy (non-hydrogen) atoms. The Balaban J connectivity index is 1.85. The van der Waals surface area contributed by atoms with Gasteiger partial charge in [-0.3, -0.25) is 4.79 Å². The van der Waals surface area contributed by atoms with Crippen molar-refractivity contribution >= 4 is 27.7 Å². The smallest absolute Gasteiger partial charge is 0.257 e. The van der Waals surface area contributed by atoms with Gasteiger partial charge < -0.3 is 10.2 Å². The molecule has 4 rings (SSSR count). The molecule has 0 radical (unpaired) electrons. The number of nitrogens with one attached hydrogen (secondary N) is 1. The van der Waals surface area contributed by atoms with E-state index in [1.54, 1.807) is 0 Å². The lowest BCUT2D eigenvalue weighted by Gasteiger charge is -2.39. The second-order valence-corrected chi connectivity index (χ2v) is 7.74. The Morgan fingerprint density at radius 1 is 1.07 bits per heavy atom. The van der Waals surface area contributed by atoms with Crippen LogP contribution in [0.4, 0.5) is 5.82 Å². The van der Waals surface area contributed by atoms with E-state index in [2.05, 4.69) is 38.3 Å². The minimum Gasteiger partial charge on any atom is -0.328 e. The second kappa shape index (κ2) is 7.16. The van der Waals surface area contributed by atoms with E-state index in [9.17, 15) is 4.79 Å². The van der Waals surface area contributed by atoms with Crippen molar-refractivity contribution < 1.29 is 4.79 Å². The van der Waals surface area contributed by atoms with Crippen LogP contribution in [-0.4, -0.2) is 10.9 Å². The number of halogens is 1. The van der Waals surface area contributed by atoms with Crippen molar-refractivity contribution in [3.05, 3.63) is 93.1 Å². The summed E-state index contributed by atoms with van der Waals surface area (Å²) in [5.74, 6) is 0.667. The molecule has 1 aliphatic rings. The fourth-order valence-corrected chi connectivity index (χ4v) is 3.82. The summed E-state index contributed by atoms with van der Waals surface area (Å²) in [5, 5.41) is 3.17. The van der Waals surface area contributed by atoms with Gasteiger partial charge in [-0.2, -0.15) is 0 Å². The first-order chi connectivity index (χ1) is 13.0. The van der Waals surface area contributed by atoms with E-state index >= 15 is 0 Å². The van der Waals surface area contributed by atoms with Crippen LogP contribution in [0.3, 0.4) is 0 Å². The summed E-state index contributed by atoms with van der Waals surface area (Å²) in [5.41, 5.74) is 4.71. The summed E-state index contributed by atoms with van der Waals surface area (Å²) in [6.45, 7) is 4.59. The maximum atomic E-state index is 12.9. The van der Waals surface area contributed by atoms with Gasteiger partial charge >= 0.3 is 0 Å². The van der Waals surface area contributed by atoms with Gasteiger partial charge in [0, 0.05) is 16.7 Å². The number of carbonyl (C=O) groups is 1. The number of aryl methyl sites for hydroxylation is 2. The van der Waals surface area contributed by atoms with Crippen molar-refractivity contribution in [2.45, 2.75) is 26.6 Å². The molecule has 4 nitrogen and oxygen atoms in total. The molecule has 1 N–H and O–H groups in total. The molecule has 1 aliphatic heterocycles. The lowest BCUT2D eigenvalue weighted by atomic mass is 10.0. The lowest BCUT2D eigenvalue weighted by Crippen LogP contribution is -2.47. The number of aromatic nitrogens is 1. The molecular weight excluding hydrogens is 402 g/mol. The van der Waals surface area contributed by atoms with Crippen LogP contribution in [0.25, 0.3) is 0 Å². The molecule has 5 heteroatoms. The maximum Gasteiger partial charge on any atom is 0.257 e. The molecule has 0 saturated carbocycles. The lowest BCUT2D eigenvalue weighted by molar-refractivity contribution is 0.0924. The highest BCUT2D eigenvalue weighted by Gasteiger charge is 2.34. The molecule has 0 spiro atoms. The summed E-state index contributed by atoms with van der Waals surface area (Å²) < 4.78 is 1.01. The van der Waals surface area contributed by atoms with E-state index in [-0.39, 0.29) is 12.1 Å². The monoisotopic (exact) mass is 421 g/mol. The number of hydrogen-bond donors (Lipinski definition) is 1. The number of amides is 1. The Kier molecular flexibility index (Phi) is 4.70. The van der Waals surface area contributed by atoms with Gasteiger partial charge in [0.25, 0.3) is 5.91 Å². The Bertz CT molecular complexity index is 986. The second-order valence-electron chi connectivity index (χ2n) is 6.82. The highest BCUT2D eigenvalue weighted by molar-refractivity contribution is 9.10. The average molecular weight is 422 g/mol. The number of hydrogen-bond acceptors (Lipinski definition) is 3.